The van der Waals surface area contributed by atoms with Gasteiger partial charge in [-0.15, -0.1) is 0 Å². The first kappa shape index (κ1) is 21.8. The molecule has 0 spiro atoms. The molecule has 0 aliphatic heterocycles. The van der Waals surface area contributed by atoms with E-state index in [1.54, 1.807) is 42.5 Å². The Morgan fingerprint density at radius 2 is 1.66 bits per heavy atom. The molecule has 0 bridgehead atoms. The number of nitrogens with zero attached hydrogens (tertiary/aromatic N) is 2. The summed E-state index contributed by atoms with van der Waals surface area (Å²) in [5.41, 5.74) is 2.55. The van der Waals surface area contributed by atoms with E-state index in [0.29, 0.717) is 40.1 Å². The Kier molecular flexibility index (Phi) is 7.35. The Morgan fingerprint density at radius 3 is 2.34 bits per heavy atom. The van der Waals surface area contributed by atoms with E-state index in [2.05, 4.69) is 8.75 Å². The van der Waals surface area contributed by atoms with Crippen molar-refractivity contribution in [1.82, 2.24) is 8.75 Å². The number of aromatic nitrogens is 2. The summed E-state index contributed by atoms with van der Waals surface area (Å²) in [6.45, 7) is 0. The number of rotatable bonds is 6. The van der Waals surface area contributed by atoms with E-state index < -0.39 is 5.97 Å². The molecule has 1 aliphatic rings. The zero-order chi connectivity index (χ0) is 19.5. The number of carbonyl (C=O) groups excluding carboxylic acids is 2. The van der Waals surface area contributed by atoms with Gasteiger partial charge in [0.05, 0.1) is 17.7 Å². The third-order valence-electron chi connectivity index (χ3n) is 5.33. The number of aliphatic carboxylic acids is 1. The maximum Gasteiger partial charge on any atom is 1.00 e. The smallest absolute Gasteiger partial charge is 0.545 e. The van der Waals surface area contributed by atoms with Gasteiger partial charge in [0.25, 0.3) is 0 Å². The van der Waals surface area contributed by atoms with Crippen LogP contribution in [0.3, 0.4) is 0 Å². The van der Waals surface area contributed by atoms with E-state index >= 15 is 0 Å². The SMILES string of the molecule is O=C([O-])C(=C(CC1CCCC1)C(=O)c1ccccc1)c1ccc2nsnc2c1.[Na+]. The minimum absolute atomic E-state index is 0. The van der Waals surface area contributed by atoms with Gasteiger partial charge in [-0.25, -0.2) is 0 Å². The third kappa shape index (κ3) is 4.83. The number of carbonyl (C=O) groups is 2. The number of fused-ring (bicyclic) bond motifs is 1. The molecule has 0 saturated heterocycles. The second-order valence-corrected chi connectivity index (χ2v) is 7.69. The van der Waals surface area contributed by atoms with Crippen molar-refractivity contribution in [3.8, 4) is 0 Å². The molecule has 1 aliphatic carbocycles. The van der Waals surface area contributed by atoms with Crippen molar-refractivity contribution in [2.45, 2.75) is 32.1 Å². The van der Waals surface area contributed by atoms with Crippen LogP contribution in [0.2, 0.25) is 0 Å². The van der Waals surface area contributed by atoms with Gasteiger partial charge in [-0.1, -0.05) is 62.1 Å². The average Bonchev–Trinajstić information content (AvgIpc) is 3.38. The number of carboxylic acids is 1. The van der Waals surface area contributed by atoms with E-state index in [9.17, 15) is 14.7 Å². The van der Waals surface area contributed by atoms with Crippen molar-refractivity contribution in [3.05, 3.63) is 65.2 Å². The van der Waals surface area contributed by atoms with Crippen LogP contribution in [0.1, 0.15) is 48.0 Å². The van der Waals surface area contributed by atoms with Gasteiger partial charge in [0.1, 0.15) is 11.0 Å². The quantitative estimate of drug-likeness (QED) is 0.336. The topological polar surface area (TPSA) is 83.0 Å². The fourth-order valence-corrected chi connectivity index (χ4v) is 4.45. The van der Waals surface area contributed by atoms with Crippen LogP contribution < -0.4 is 34.7 Å². The first-order chi connectivity index (χ1) is 13.6. The Morgan fingerprint density at radius 1 is 0.966 bits per heavy atom. The molecule has 5 nitrogen and oxygen atoms in total. The van der Waals surface area contributed by atoms with E-state index in [1.807, 2.05) is 6.07 Å². The molecular formula is C22H19N2NaO3S. The standard InChI is InChI=1S/C22H20N2O3S.Na/c25-21(15-8-2-1-3-9-15)17(12-14-6-4-5-7-14)20(22(26)27)16-10-11-18-19(13-16)24-28-23-18;/h1-3,8-11,13-14H,4-7,12H2,(H,26,27);/q;+1/p-1. The van der Waals surface area contributed by atoms with Crippen LogP contribution in [-0.2, 0) is 4.79 Å². The van der Waals surface area contributed by atoms with Gasteiger partial charge in [-0.3, -0.25) is 4.79 Å². The van der Waals surface area contributed by atoms with Gasteiger partial charge in [0.15, 0.2) is 5.78 Å². The summed E-state index contributed by atoms with van der Waals surface area (Å²) in [7, 11) is 0. The largest absolute Gasteiger partial charge is 1.00 e. The normalized spacial score (nSPS) is 15.0. The second-order valence-electron chi connectivity index (χ2n) is 7.16. The number of ketones is 1. The molecule has 2 aromatic carbocycles. The molecule has 0 unspecified atom stereocenters. The molecule has 0 amide bonds. The van der Waals surface area contributed by atoms with Crippen molar-refractivity contribution >= 4 is 40.1 Å². The van der Waals surface area contributed by atoms with Crippen molar-refractivity contribution in [1.29, 1.82) is 0 Å². The monoisotopic (exact) mass is 414 g/mol. The van der Waals surface area contributed by atoms with Crippen molar-refractivity contribution < 1.29 is 44.3 Å². The molecule has 1 heterocycles. The van der Waals surface area contributed by atoms with E-state index in [4.69, 9.17) is 0 Å². The van der Waals surface area contributed by atoms with E-state index in [-0.39, 0.29) is 40.9 Å². The predicted molar refractivity (Wildman–Crippen MR) is 107 cm³/mol. The first-order valence-corrected chi connectivity index (χ1v) is 10.1. The van der Waals surface area contributed by atoms with Gasteiger partial charge in [-0.05, 0) is 30.0 Å². The molecule has 1 fully saturated rings. The minimum Gasteiger partial charge on any atom is -0.545 e. The summed E-state index contributed by atoms with van der Waals surface area (Å²) < 4.78 is 8.36. The maximum atomic E-state index is 13.3. The number of benzene rings is 2. The molecule has 0 radical (unpaired) electrons. The summed E-state index contributed by atoms with van der Waals surface area (Å²) in [6, 6.07) is 13.9. The molecule has 0 N–H and O–H groups in total. The molecule has 29 heavy (non-hydrogen) atoms. The zero-order valence-corrected chi connectivity index (χ0v) is 19.1. The predicted octanol–water partition coefficient (Wildman–Crippen LogP) is 0.662. The van der Waals surface area contributed by atoms with Crippen LogP contribution in [0.4, 0.5) is 0 Å². The number of hydrogen-bond acceptors (Lipinski definition) is 6. The molecule has 142 valence electrons. The number of Topliss-reactive ketones (excluding diaryl/α,β-unsaturated/α-hetero) is 1. The number of hydrogen-bond donors (Lipinski definition) is 0. The average molecular weight is 414 g/mol. The van der Waals surface area contributed by atoms with Crippen LogP contribution in [-0.4, -0.2) is 20.5 Å². The minimum atomic E-state index is -1.33. The second kappa shape index (κ2) is 9.76. The maximum absolute atomic E-state index is 13.3. The summed E-state index contributed by atoms with van der Waals surface area (Å²) in [4.78, 5) is 25.5. The summed E-state index contributed by atoms with van der Waals surface area (Å²) in [5, 5.41) is 12.2. The third-order valence-corrected chi connectivity index (χ3v) is 5.88. The van der Waals surface area contributed by atoms with Crippen LogP contribution >= 0.6 is 11.7 Å². The van der Waals surface area contributed by atoms with Crippen molar-refractivity contribution in [3.63, 3.8) is 0 Å². The van der Waals surface area contributed by atoms with E-state index in [0.717, 1.165) is 37.4 Å². The summed E-state index contributed by atoms with van der Waals surface area (Å²) >= 11 is 1.07. The molecule has 3 aromatic rings. The first-order valence-electron chi connectivity index (χ1n) is 9.40. The van der Waals surface area contributed by atoms with Crippen LogP contribution in [0.25, 0.3) is 16.6 Å². The van der Waals surface area contributed by atoms with Crippen molar-refractivity contribution in [2.75, 3.05) is 0 Å². The number of carboxylic acid groups (broad SMARTS) is 1. The summed E-state index contributed by atoms with van der Waals surface area (Å²) in [5.74, 6) is -1.26. The fraction of sp³-hybridized carbons (Fsp3) is 0.273. The molecule has 1 aromatic heterocycles. The van der Waals surface area contributed by atoms with Crippen LogP contribution in [0.15, 0.2) is 54.1 Å². The van der Waals surface area contributed by atoms with Crippen LogP contribution in [0.5, 0.6) is 0 Å². The molecule has 7 heteroatoms. The Hall–Kier alpha value is -1.86. The summed E-state index contributed by atoms with van der Waals surface area (Å²) in [6.07, 6.45) is 4.72. The van der Waals surface area contributed by atoms with Crippen LogP contribution in [0, 0.1) is 5.92 Å². The van der Waals surface area contributed by atoms with Gasteiger partial charge in [0, 0.05) is 16.7 Å². The molecule has 0 atom stereocenters. The molecular weight excluding hydrogens is 395 g/mol. The van der Waals surface area contributed by atoms with Crippen molar-refractivity contribution in [2.24, 2.45) is 5.92 Å². The fourth-order valence-electron chi connectivity index (χ4n) is 3.93. The van der Waals surface area contributed by atoms with Gasteiger partial charge < -0.3 is 9.90 Å². The number of allylic oxidation sites excluding steroid dienone is 1. The molecule has 4 rings (SSSR count). The Balaban J connectivity index is 0.00000240. The van der Waals surface area contributed by atoms with Gasteiger partial charge >= 0.3 is 29.6 Å². The van der Waals surface area contributed by atoms with Gasteiger partial charge in [0.2, 0.25) is 0 Å². The Bertz CT molecular complexity index is 1060. The Labute approximate surface area is 195 Å². The van der Waals surface area contributed by atoms with Gasteiger partial charge in [-0.2, -0.15) is 8.75 Å². The molecule has 1 saturated carbocycles. The van der Waals surface area contributed by atoms with E-state index in [1.165, 1.54) is 0 Å². The zero-order valence-electron chi connectivity index (χ0n) is 16.3.